The van der Waals surface area contributed by atoms with E-state index in [0.717, 1.165) is 25.3 Å². The first-order chi connectivity index (χ1) is 11.3. The average Bonchev–Trinajstić information content (AvgIpc) is 2.63. The number of carbonyl (C=O) groups excluding carboxylic acids is 1. The highest BCUT2D eigenvalue weighted by molar-refractivity contribution is 5.92. The maximum Gasteiger partial charge on any atom is 0.269 e. The van der Waals surface area contributed by atoms with E-state index < -0.39 is 0 Å². The Hall–Kier alpha value is -2.36. The van der Waals surface area contributed by atoms with Gasteiger partial charge >= 0.3 is 0 Å². The molecule has 120 valence electrons. The molecule has 0 saturated carbocycles. The number of anilines is 1. The van der Waals surface area contributed by atoms with E-state index in [0.29, 0.717) is 12.2 Å². The van der Waals surface area contributed by atoms with E-state index in [9.17, 15) is 4.79 Å². The van der Waals surface area contributed by atoms with Gasteiger partial charge in [-0.05, 0) is 43.4 Å². The minimum Gasteiger partial charge on any atom is -0.357 e. The molecule has 1 aliphatic rings. The lowest BCUT2D eigenvalue weighted by Crippen LogP contribution is -2.31. The van der Waals surface area contributed by atoms with Gasteiger partial charge in [0.05, 0.1) is 0 Å². The zero-order valence-corrected chi connectivity index (χ0v) is 13.4. The number of hydrogen-bond donors (Lipinski definition) is 1. The second kappa shape index (κ2) is 7.77. The van der Waals surface area contributed by atoms with Crippen LogP contribution in [0.2, 0.25) is 0 Å². The SMILES string of the molecule is O=C(NCCc1ccccc1)c1cccc(N2CCCCC2)n1. The van der Waals surface area contributed by atoms with Crippen molar-refractivity contribution in [3.05, 3.63) is 59.8 Å². The molecule has 1 aliphatic heterocycles. The van der Waals surface area contributed by atoms with Crippen molar-refractivity contribution in [2.24, 2.45) is 0 Å². The normalized spacial score (nSPS) is 14.5. The van der Waals surface area contributed by atoms with Crippen LogP contribution < -0.4 is 10.2 Å². The molecule has 4 heteroatoms. The van der Waals surface area contributed by atoms with E-state index in [4.69, 9.17) is 0 Å². The number of piperidine rings is 1. The Bertz CT molecular complexity index is 636. The highest BCUT2D eigenvalue weighted by Gasteiger charge is 2.14. The molecule has 1 amide bonds. The van der Waals surface area contributed by atoms with Crippen LogP contribution in [0.1, 0.15) is 35.3 Å². The first kappa shape index (κ1) is 15.5. The molecular formula is C19H23N3O. The topological polar surface area (TPSA) is 45.2 Å². The molecule has 1 saturated heterocycles. The maximum atomic E-state index is 12.3. The van der Waals surface area contributed by atoms with Crippen molar-refractivity contribution < 1.29 is 4.79 Å². The Morgan fingerprint density at radius 2 is 1.78 bits per heavy atom. The molecule has 2 aromatic rings. The monoisotopic (exact) mass is 309 g/mol. The van der Waals surface area contributed by atoms with Crippen molar-refractivity contribution in [3.63, 3.8) is 0 Å². The van der Waals surface area contributed by atoms with E-state index >= 15 is 0 Å². The predicted molar refractivity (Wildman–Crippen MR) is 92.8 cm³/mol. The fourth-order valence-electron chi connectivity index (χ4n) is 2.90. The number of benzene rings is 1. The summed E-state index contributed by atoms with van der Waals surface area (Å²) in [6, 6.07) is 15.9. The number of amides is 1. The lowest BCUT2D eigenvalue weighted by molar-refractivity contribution is 0.0949. The van der Waals surface area contributed by atoms with E-state index in [1.165, 1.54) is 24.8 Å². The van der Waals surface area contributed by atoms with Crippen LogP contribution in [-0.4, -0.2) is 30.5 Å². The molecule has 23 heavy (non-hydrogen) atoms. The van der Waals surface area contributed by atoms with Gasteiger partial charge in [-0.3, -0.25) is 4.79 Å². The largest absolute Gasteiger partial charge is 0.357 e. The fourth-order valence-corrected chi connectivity index (χ4v) is 2.90. The molecule has 1 aromatic carbocycles. The fraction of sp³-hybridized carbons (Fsp3) is 0.368. The number of hydrogen-bond acceptors (Lipinski definition) is 3. The summed E-state index contributed by atoms with van der Waals surface area (Å²) in [6.45, 7) is 2.69. The van der Waals surface area contributed by atoms with Gasteiger partial charge in [-0.15, -0.1) is 0 Å². The van der Waals surface area contributed by atoms with E-state index in [1.54, 1.807) is 6.07 Å². The summed E-state index contributed by atoms with van der Waals surface area (Å²) in [5, 5.41) is 2.96. The Balaban J connectivity index is 1.56. The number of nitrogens with zero attached hydrogens (tertiary/aromatic N) is 2. The predicted octanol–water partition coefficient (Wildman–Crippen LogP) is 3.04. The number of aromatic nitrogens is 1. The lowest BCUT2D eigenvalue weighted by Gasteiger charge is -2.27. The summed E-state index contributed by atoms with van der Waals surface area (Å²) in [5.41, 5.74) is 1.73. The van der Waals surface area contributed by atoms with Crippen molar-refractivity contribution in [3.8, 4) is 0 Å². The van der Waals surface area contributed by atoms with Gasteiger partial charge in [0.15, 0.2) is 0 Å². The number of rotatable bonds is 5. The standard InChI is InChI=1S/C19H23N3O/c23-19(20-13-12-16-8-3-1-4-9-16)17-10-7-11-18(21-17)22-14-5-2-6-15-22/h1,3-4,7-11H,2,5-6,12-15H2,(H,20,23). The summed E-state index contributed by atoms with van der Waals surface area (Å²) < 4.78 is 0. The van der Waals surface area contributed by atoms with Crippen LogP contribution >= 0.6 is 0 Å². The molecule has 0 unspecified atom stereocenters. The summed E-state index contributed by atoms with van der Waals surface area (Å²) in [7, 11) is 0. The van der Waals surface area contributed by atoms with Gasteiger partial charge in [0.2, 0.25) is 0 Å². The molecule has 0 atom stereocenters. The third kappa shape index (κ3) is 4.31. The smallest absolute Gasteiger partial charge is 0.269 e. The summed E-state index contributed by atoms with van der Waals surface area (Å²) in [4.78, 5) is 19.1. The third-order valence-electron chi connectivity index (χ3n) is 4.19. The third-order valence-corrected chi connectivity index (χ3v) is 4.19. The van der Waals surface area contributed by atoms with Crippen molar-refractivity contribution in [2.75, 3.05) is 24.5 Å². The number of carbonyl (C=O) groups is 1. The highest BCUT2D eigenvalue weighted by Crippen LogP contribution is 2.17. The highest BCUT2D eigenvalue weighted by atomic mass is 16.1. The van der Waals surface area contributed by atoms with Crippen LogP contribution in [0.5, 0.6) is 0 Å². The van der Waals surface area contributed by atoms with Gasteiger partial charge in [0.1, 0.15) is 11.5 Å². The minimum absolute atomic E-state index is 0.0974. The first-order valence-corrected chi connectivity index (χ1v) is 8.37. The second-order valence-corrected chi connectivity index (χ2v) is 5.92. The molecule has 3 rings (SSSR count). The quantitative estimate of drug-likeness (QED) is 0.923. The van der Waals surface area contributed by atoms with Gasteiger partial charge < -0.3 is 10.2 Å². The molecule has 0 spiro atoms. The molecule has 0 aliphatic carbocycles. The molecule has 1 fully saturated rings. The van der Waals surface area contributed by atoms with Crippen LogP contribution in [0.4, 0.5) is 5.82 Å². The zero-order valence-electron chi connectivity index (χ0n) is 13.4. The van der Waals surface area contributed by atoms with Crippen molar-refractivity contribution in [1.29, 1.82) is 0 Å². The first-order valence-electron chi connectivity index (χ1n) is 8.37. The summed E-state index contributed by atoms with van der Waals surface area (Å²) in [6.07, 6.45) is 4.53. The van der Waals surface area contributed by atoms with Crippen LogP contribution in [-0.2, 0) is 6.42 Å². The van der Waals surface area contributed by atoms with Crippen LogP contribution in [0, 0.1) is 0 Å². The lowest BCUT2D eigenvalue weighted by atomic mass is 10.1. The molecule has 2 heterocycles. The van der Waals surface area contributed by atoms with Crippen LogP contribution in [0.3, 0.4) is 0 Å². The van der Waals surface area contributed by atoms with Gasteiger partial charge in [-0.2, -0.15) is 0 Å². The molecular weight excluding hydrogens is 286 g/mol. The molecule has 1 aromatic heterocycles. The summed E-state index contributed by atoms with van der Waals surface area (Å²) >= 11 is 0. The second-order valence-electron chi connectivity index (χ2n) is 5.92. The van der Waals surface area contributed by atoms with E-state index in [1.807, 2.05) is 30.3 Å². The van der Waals surface area contributed by atoms with Gasteiger partial charge in [0, 0.05) is 19.6 Å². The van der Waals surface area contributed by atoms with Crippen LogP contribution in [0.15, 0.2) is 48.5 Å². The Labute approximate surface area is 137 Å². The molecule has 0 bridgehead atoms. The van der Waals surface area contributed by atoms with Crippen molar-refractivity contribution in [2.45, 2.75) is 25.7 Å². The number of pyridine rings is 1. The maximum absolute atomic E-state index is 12.3. The van der Waals surface area contributed by atoms with Crippen molar-refractivity contribution >= 4 is 11.7 Å². The van der Waals surface area contributed by atoms with Crippen molar-refractivity contribution in [1.82, 2.24) is 10.3 Å². The van der Waals surface area contributed by atoms with E-state index in [2.05, 4.69) is 27.3 Å². The Morgan fingerprint density at radius 3 is 2.57 bits per heavy atom. The van der Waals surface area contributed by atoms with E-state index in [-0.39, 0.29) is 5.91 Å². The zero-order chi connectivity index (χ0) is 15.9. The minimum atomic E-state index is -0.0974. The van der Waals surface area contributed by atoms with Gasteiger partial charge in [-0.25, -0.2) is 4.98 Å². The Morgan fingerprint density at radius 1 is 1.00 bits per heavy atom. The molecule has 0 radical (unpaired) electrons. The number of nitrogens with one attached hydrogen (secondary N) is 1. The summed E-state index contributed by atoms with van der Waals surface area (Å²) in [5.74, 6) is 0.820. The van der Waals surface area contributed by atoms with Gasteiger partial charge in [0.25, 0.3) is 5.91 Å². The Kier molecular flexibility index (Phi) is 5.25. The van der Waals surface area contributed by atoms with Gasteiger partial charge in [-0.1, -0.05) is 36.4 Å². The molecule has 4 nitrogen and oxygen atoms in total. The van der Waals surface area contributed by atoms with Crippen LogP contribution in [0.25, 0.3) is 0 Å². The molecule has 1 N–H and O–H groups in total. The average molecular weight is 309 g/mol.